The van der Waals surface area contributed by atoms with Gasteiger partial charge in [-0.05, 0) is 63.6 Å². The molecule has 0 fully saturated rings. The van der Waals surface area contributed by atoms with Crippen LogP contribution in [0.1, 0.15) is 44.5 Å². The first-order valence-electron chi connectivity index (χ1n) is 9.31. The average molecular weight is 417 g/mol. The van der Waals surface area contributed by atoms with Crippen LogP contribution in [0.2, 0.25) is 5.02 Å². The molecule has 1 atom stereocenters. The zero-order valence-corrected chi connectivity index (χ0v) is 17.7. The van der Waals surface area contributed by atoms with E-state index in [1.54, 1.807) is 82.3 Å². The number of amides is 3. The molecule has 0 spiro atoms. The minimum absolute atomic E-state index is 0.282. The summed E-state index contributed by atoms with van der Waals surface area (Å²) in [5.41, 5.74) is 0.00171. The summed E-state index contributed by atoms with van der Waals surface area (Å²) >= 11 is 5.95. The number of alkyl carbamates (subject to hydrolysis) is 1. The zero-order chi connectivity index (χ0) is 21.6. The van der Waals surface area contributed by atoms with E-state index in [0.717, 1.165) is 4.90 Å². The molecule has 29 heavy (non-hydrogen) atoms. The van der Waals surface area contributed by atoms with Gasteiger partial charge in [-0.25, -0.2) is 9.69 Å². The van der Waals surface area contributed by atoms with E-state index in [2.05, 4.69) is 5.32 Å². The Bertz CT molecular complexity index is 861. The van der Waals surface area contributed by atoms with Crippen LogP contribution in [0.5, 0.6) is 0 Å². The van der Waals surface area contributed by atoms with Crippen molar-refractivity contribution in [1.29, 1.82) is 0 Å². The standard InChI is InChI=1S/C22H25ClN2O4/c1-5-18(24-21(28)29-22(2,3)4)20(27)25(17-13-11-16(23)12-14-17)19(26)15-9-7-6-8-10-15/h6-14,18H,5H2,1-4H3,(H,24,28)/t18-/m0/s1. The van der Waals surface area contributed by atoms with Crippen molar-refractivity contribution in [2.45, 2.75) is 45.8 Å². The third-order valence-corrected chi connectivity index (χ3v) is 4.18. The lowest BCUT2D eigenvalue weighted by Gasteiger charge is -2.27. The fourth-order valence-corrected chi connectivity index (χ4v) is 2.71. The molecule has 0 aliphatic heterocycles. The van der Waals surface area contributed by atoms with E-state index in [0.29, 0.717) is 16.3 Å². The predicted molar refractivity (Wildman–Crippen MR) is 113 cm³/mol. The number of hydrogen-bond acceptors (Lipinski definition) is 4. The highest BCUT2D eigenvalue weighted by Crippen LogP contribution is 2.22. The van der Waals surface area contributed by atoms with Crippen LogP contribution >= 0.6 is 11.6 Å². The summed E-state index contributed by atoms with van der Waals surface area (Å²) in [5.74, 6) is -1.06. The van der Waals surface area contributed by atoms with Gasteiger partial charge in [-0.1, -0.05) is 36.7 Å². The molecule has 0 radical (unpaired) electrons. The normalized spacial score (nSPS) is 12.0. The summed E-state index contributed by atoms with van der Waals surface area (Å²) in [7, 11) is 0. The molecular weight excluding hydrogens is 392 g/mol. The number of imide groups is 1. The third-order valence-electron chi connectivity index (χ3n) is 3.93. The van der Waals surface area contributed by atoms with Gasteiger partial charge in [0.2, 0.25) is 0 Å². The second kappa shape index (κ2) is 9.56. The SMILES string of the molecule is CC[C@H](NC(=O)OC(C)(C)C)C(=O)N(C(=O)c1ccccc1)c1ccc(Cl)cc1. The van der Waals surface area contributed by atoms with E-state index >= 15 is 0 Å². The number of carbonyl (C=O) groups excluding carboxylic acids is 3. The molecule has 0 bridgehead atoms. The predicted octanol–water partition coefficient (Wildman–Crippen LogP) is 4.82. The van der Waals surface area contributed by atoms with Crippen molar-refractivity contribution >= 4 is 35.2 Å². The Balaban J connectivity index is 2.36. The fourth-order valence-electron chi connectivity index (χ4n) is 2.59. The summed E-state index contributed by atoms with van der Waals surface area (Å²) < 4.78 is 5.24. The topological polar surface area (TPSA) is 75.7 Å². The van der Waals surface area contributed by atoms with Crippen LogP contribution in [0.25, 0.3) is 0 Å². The molecule has 0 saturated heterocycles. The van der Waals surface area contributed by atoms with Gasteiger partial charge < -0.3 is 10.1 Å². The van der Waals surface area contributed by atoms with E-state index in [9.17, 15) is 14.4 Å². The Morgan fingerprint density at radius 3 is 2.14 bits per heavy atom. The first kappa shape index (κ1) is 22.4. The number of halogens is 1. The van der Waals surface area contributed by atoms with Crippen LogP contribution < -0.4 is 10.2 Å². The molecule has 3 amide bonds. The quantitative estimate of drug-likeness (QED) is 0.758. The van der Waals surface area contributed by atoms with Gasteiger partial charge in [0, 0.05) is 10.6 Å². The van der Waals surface area contributed by atoms with Crippen LogP contribution in [-0.4, -0.2) is 29.6 Å². The van der Waals surface area contributed by atoms with E-state index < -0.39 is 29.6 Å². The highest BCUT2D eigenvalue weighted by molar-refractivity contribution is 6.30. The molecule has 0 saturated carbocycles. The highest BCUT2D eigenvalue weighted by atomic mass is 35.5. The van der Waals surface area contributed by atoms with Crippen molar-refractivity contribution < 1.29 is 19.1 Å². The summed E-state index contributed by atoms with van der Waals surface area (Å²) in [5, 5.41) is 3.04. The Kier molecular flexibility index (Phi) is 7.40. The van der Waals surface area contributed by atoms with Crippen molar-refractivity contribution in [3.05, 3.63) is 65.2 Å². The summed E-state index contributed by atoms with van der Waals surface area (Å²) in [6.45, 7) is 6.93. The van der Waals surface area contributed by atoms with Crippen LogP contribution in [0.4, 0.5) is 10.5 Å². The largest absolute Gasteiger partial charge is 0.444 e. The molecule has 0 heterocycles. The third kappa shape index (κ3) is 6.32. The van der Waals surface area contributed by atoms with Gasteiger partial charge in [0.1, 0.15) is 11.6 Å². The van der Waals surface area contributed by atoms with Crippen molar-refractivity contribution in [1.82, 2.24) is 5.32 Å². The molecule has 0 aliphatic rings. The Hall–Kier alpha value is -2.86. The first-order valence-corrected chi connectivity index (χ1v) is 9.68. The second-order valence-corrected chi connectivity index (χ2v) is 7.86. The van der Waals surface area contributed by atoms with E-state index in [1.165, 1.54) is 0 Å². The molecule has 0 unspecified atom stereocenters. The number of benzene rings is 2. The van der Waals surface area contributed by atoms with Crippen LogP contribution in [0.3, 0.4) is 0 Å². The second-order valence-electron chi connectivity index (χ2n) is 7.43. The number of carbonyl (C=O) groups is 3. The van der Waals surface area contributed by atoms with Crippen LogP contribution in [0.15, 0.2) is 54.6 Å². The van der Waals surface area contributed by atoms with E-state index in [1.807, 2.05) is 0 Å². The number of ether oxygens (including phenoxy) is 1. The van der Waals surface area contributed by atoms with Gasteiger partial charge in [-0.15, -0.1) is 0 Å². The Morgan fingerprint density at radius 2 is 1.62 bits per heavy atom. The molecule has 6 nitrogen and oxygen atoms in total. The number of nitrogens with one attached hydrogen (secondary N) is 1. The molecule has 2 aromatic rings. The average Bonchev–Trinajstić information content (AvgIpc) is 2.67. The maximum absolute atomic E-state index is 13.3. The Labute approximate surface area is 175 Å². The van der Waals surface area contributed by atoms with Gasteiger partial charge in [0.25, 0.3) is 11.8 Å². The molecule has 7 heteroatoms. The number of hydrogen-bond donors (Lipinski definition) is 1. The first-order chi connectivity index (χ1) is 13.6. The van der Waals surface area contributed by atoms with Crippen molar-refractivity contribution in [2.24, 2.45) is 0 Å². The molecule has 0 aromatic heterocycles. The van der Waals surface area contributed by atoms with Crippen molar-refractivity contribution in [2.75, 3.05) is 4.90 Å². The lowest BCUT2D eigenvalue weighted by molar-refractivity contribution is -0.120. The summed E-state index contributed by atoms with van der Waals surface area (Å²) in [4.78, 5) is 39.6. The van der Waals surface area contributed by atoms with Gasteiger partial charge >= 0.3 is 6.09 Å². The van der Waals surface area contributed by atoms with Crippen LogP contribution in [0, 0.1) is 0 Å². The zero-order valence-electron chi connectivity index (χ0n) is 16.9. The molecule has 1 N–H and O–H groups in total. The smallest absolute Gasteiger partial charge is 0.408 e. The van der Waals surface area contributed by atoms with Gasteiger partial charge in [0.15, 0.2) is 0 Å². The molecule has 0 aliphatic carbocycles. The summed E-state index contributed by atoms with van der Waals surface area (Å²) in [6, 6.07) is 13.9. The lowest BCUT2D eigenvalue weighted by Crippen LogP contribution is -2.51. The van der Waals surface area contributed by atoms with Crippen molar-refractivity contribution in [3.63, 3.8) is 0 Å². The van der Waals surface area contributed by atoms with Gasteiger partial charge in [-0.2, -0.15) is 0 Å². The van der Waals surface area contributed by atoms with Crippen LogP contribution in [-0.2, 0) is 9.53 Å². The minimum atomic E-state index is -0.937. The minimum Gasteiger partial charge on any atom is -0.444 e. The van der Waals surface area contributed by atoms with Crippen molar-refractivity contribution in [3.8, 4) is 0 Å². The highest BCUT2D eigenvalue weighted by Gasteiger charge is 2.32. The molecule has 154 valence electrons. The Morgan fingerprint density at radius 1 is 1.03 bits per heavy atom. The molecular formula is C22H25ClN2O4. The maximum atomic E-state index is 13.3. The number of rotatable bonds is 5. The van der Waals surface area contributed by atoms with E-state index in [-0.39, 0.29) is 6.42 Å². The van der Waals surface area contributed by atoms with Gasteiger partial charge in [0.05, 0.1) is 5.69 Å². The number of anilines is 1. The maximum Gasteiger partial charge on any atom is 0.408 e. The summed E-state index contributed by atoms with van der Waals surface area (Å²) in [6.07, 6.45) is -0.439. The van der Waals surface area contributed by atoms with Gasteiger partial charge in [-0.3, -0.25) is 9.59 Å². The molecule has 2 rings (SSSR count). The number of nitrogens with zero attached hydrogens (tertiary/aromatic N) is 1. The fraction of sp³-hybridized carbons (Fsp3) is 0.318. The monoisotopic (exact) mass is 416 g/mol. The molecule has 2 aromatic carbocycles. The lowest BCUT2D eigenvalue weighted by atomic mass is 10.1. The van der Waals surface area contributed by atoms with E-state index in [4.69, 9.17) is 16.3 Å².